The second-order valence-corrected chi connectivity index (χ2v) is 4.16. The molecule has 0 saturated carbocycles. The third-order valence-electron chi connectivity index (χ3n) is 2.18. The summed E-state index contributed by atoms with van der Waals surface area (Å²) in [5.74, 6) is -0.0540. The first kappa shape index (κ1) is 12.5. The van der Waals surface area contributed by atoms with Crippen LogP contribution in [0.3, 0.4) is 0 Å². The van der Waals surface area contributed by atoms with Gasteiger partial charge in [0.1, 0.15) is 6.20 Å². The first-order chi connectivity index (χ1) is 8.49. The standard InChI is InChI=1S/C10H6Cl2N4O2/c11-6-2-1-5(3-7(6)12)9-8(16(17)18)4-14-10(13)15-9/h1-4H,(H2,13,14,15). The van der Waals surface area contributed by atoms with Crippen molar-refractivity contribution in [1.82, 2.24) is 9.97 Å². The smallest absolute Gasteiger partial charge is 0.313 e. The van der Waals surface area contributed by atoms with Gasteiger partial charge < -0.3 is 5.73 Å². The Bertz CT molecular complexity index is 633. The van der Waals surface area contributed by atoms with Crippen molar-refractivity contribution in [3.8, 4) is 11.3 Å². The van der Waals surface area contributed by atoms with E-state index in [4.69, 9.17) is 28.9 Å². The van der Waals surface area contributed by atoms with Gasteiger partial charge in [0.25, 0.3) is 0 Å². The van der Waals surface area contributed by atoms with E-state index in [9.17, 15) is 10.1 Å². The molecule has 0 saturated heterocycles. The molecule has 1 heterocycles. The molecular weight excluding hydrogens is 279 g/mol. The molecule has 0 radical (unpaired) electrons. The molecule has 2 aromatic rings. The highest BCUT2D eigenvalue weighted by Crippen LogP contribution is 2.32. The van der Waals surface area contributed by atoms with Gasteiger partial charge in [0.15, 0.2) is 5.69 Å². The lowest BCUT2D eigenvalue weighted by molar-refractivity contribution is -0.384. The highest BCUT2D eigenvalue weighted by Gasteiger charge is 2.18. The van der Waals surface area contributed by atoms with Crippen LogP contribution in [-0.2, 0) is 0 Å². The van der Waals surface area contributed by atoms with Gasteiger partial charge in [-0.25, -0.2) is 9.97 Å². The number of benzene rings is 1. The normalized spacial score (nSPS) is 10.3. The second kappa shape index (κ2) is 4.75. The van der Waals surface area contributed by atoms with Crippen molar-refractivity contribution in [2.45, 2.75) is 0 Å². The van der Waals surface area contributed by atoms with Crippen LogP contribution in [0.1, 0.15) is 0 Å². The minimum Gasteiger partial charge on any atom is -0.368 e. The fourth-order valence-corrected chi connectivity index (χ4v) is 1.68. The molecule has 2 rings (SSSR count). The third-order valence-corrected chi connectivity index (χ3v) is 2.92. The zero-order valence-electron chi connectivity index (χ0n) is 8.80. The van der Waals surface area contributed by atoms with Crippen LogP contribution in [-0.4, -0.2) is 14.9 Å². The van der Waals surface area contributed by atoms with Crippen LogP contribution in [0.2, 0.25) is 10.0 Å². The fourth-order valence-electron chi connectivity index (χ4n) is 1.38. The molecule has 1 aromatic heterocycles. The summed E-state index contributed by atoms with van der Waals surface area (Å²) in [6.45, 7) is 0. The molecule has 0 spiro atoms. The van der Waals surface area contributed by atoms with E-state index in [1.165, 1.54) is 12.1 Å². The van der Waals surface area contributed by atoms with Crippen molar-refractivity contribution < 1.29 is 4.92 Å². The summed E-state index contributed by atoms with van der Waals surface area (Å²) in [4.78, 5) is 17.7. The van der Waals surface area contributed by atoms with Crippen molar-refractivity contribution in [2.24, 2.45) is 0 Å². The number of hydrogen-bond donors (Lipinski definition) is 1. The Kier molecular flexibility index (Phi) is 3.31. The molecule has 0 fully saturated rings. The maximum absolute atomic E-state index is 10.9. The largest absolute Gasteiger partial charge is 0.368 e. The van der Waals surface area contributed by atoms with E-state index in [-0.39, 0.29) is 22.4 Å². The topological polar surface area (TPSA) is 94.9 Å². The number of halogens is 2. The number of nitrogens with two attached hydrogens (primary N) is 1. The Morgan fingerprint density at radius 1 is 1.28 bits per heavy atom. The first-order valence-electron chi connectivity index (χ1n) is 4.71. The zero-order valence-corrected chi connectivity index (χ0v) is 10.3. The average molecular weight is 285 g/mol. The number of aromatic nitrogens is 2. The van der Waals surface area contributed by atoms with Crippen LogP contribution in [0.25, 0.3) is 11.3 Å². The molecule has 0 aliphatic carbocycles. The maximum Gasteiger partial charge on any atom is 0.313 e. The number of nitrogens with zero attached hydrogens (tertiary/aromatic N) is 3. The Morgan fingerprint density at radius 2 is 2.00 bits per heavy atom. The van der Waals surface area contributed by atoms with Gasteiger partial charge in [-0.05, 0) is 12.1 Å². The SMILES string of the molecule is Nc1ncc([N+](=O)[O-])c(-c2ccc(Cl)c(Cl)c2)n1. The molecule has 0 atom stereocenters. The number of rotatable bonds is 2. The van der Waals surface area contributed by atoms with E-state index in [0.717, 1.165) is 6.20 Å². The molecule has 0 aliphatic rings. The number of nitro groups is 1. The van der Waals surface area contributed by atoms with Gasteiger partial charge in [-0.2, -0.15) is 0 Å². The molecule has 1 aromatic carbocycles. The summed E-state index contributed by atoms with van der Waals surface area (Å²) in [5, 5.41) is 11.5. The molecule has 2 N–H and O–H groups in total. The molecule has 92 valence electrons. The van der Waals surface area contributed by atoms with Crippen LogP contribution in [0, 0.1) is 10.1 Å². The minimum absolute atomic E-state index is 0.0540. The molecular formula is C10H6Cl2N4O2. The maximum atomic E-state index is 10.9. The van der Waals surface area contributed by atoms with Gasteiger partial charge in [0, 0.05) is 5.56 Å². The molecule has 0 amide bonds. The van der Waals surface area contributed by atoms with Gasteiger partial charge in [0.2, 0.25) is 5.95 Å². The summed E-state index contributed by atoms with van der Waals surface area (Å²) in [5.41, 5.74) is 5.73. The predicted octanol–water partition coefficient (Wildman–Crippen LogP) is 2.94. The van der Waals surface area contributed by atoms with Gasteiger partial charge in [-0.3, -0.25) is 10.1 Å². The third kappa shape index (κ3) is 2.34. The van der Waals surface area contributed by atoms with E-state index in [1.54, 1.807) is 6.07 Å². The lowest BCUT2D eigenvalue weighted by Crippen LogP contribution is -2.01. The van der Waals surface area contributed by atoms with Crippen molar-refractivity contribution in [3.05, 3.63) is 44.6 Å². The summed E-state index contributed by atoms with van der Waals surface area (Å²) < 4.78 is 0. The van der Waals surface area contributed by atoms with Gasteiger partial charge in [-0.1, -0.05) is 29.3 Å². The summed E-state index contributed by atoms with van der Waals surface area (Å²) in [7, 11) is 0. The predicted molar refractivity (Wildman–Crippen MR) is 68.6 cm³/mol. The Labute approximate surface area is 112 Å². The quantitative estimate of drug-likeness (QED) is 0.676. The number of anilines is 1. The number of nitrogen functional groups attached to an aromatic ring is 1. The molecule has 8 heteroatoms. The van der Waals surface area contributed by atoms with Crippen LogP contribution in [0.15, 0.2) is 24.4 Å². The summed E-state index contributed by atoms with van der Waals surface area (Å²) >= 11 is 11.6. The molecule has 0 bridgehead atoms. The van der Waals surface area contributed by atoms with E-state index in [1.807, 2.05) is 0 Å². The van der Waals surface area contributed by atoms with Crippen LogP contribution < -0.4 is 5.73 Å². The van der Waals surface area contributed by atoms with E-state index < -0.39 is 4.92 Å². The number of hydrogen-bond acceptors (Lipinski definition) is 5. The molecule has 6 nitrogen and oxygen atoms in total. The van der Waals surface area contributed by atoms with E-state index in [0.29, 0.717) is 10.6 Å². The Morgan fingerprint density at radius 3 is 2.61 bits per heavy atom. The summed E-state index contributed by atoms with van der Waals surface area (Å²) in [6, 6.07) is 4.59. The van der Waals surface area contributed by atoms with Crippen LogP contribution in [0.5, 0.6) is 0 Å². The van der Waals surface area contributed by atoms with E-state index >= 15 is 0 Å². The lowest BCUT2D eigenvalue weighted by atomic mass is 10.1. The van der Waals surface area contributed by atoms with Crippen LogP contribution in [0.4, 0.5) is 11.6 Å². The molecule has 0 unspecified atom stereocenters. The molecule has 18 heavy (non-hydrogen) atoms. The minimum atomic E-state index is -0.586. The average Bonchev–Trinajstić information content (AvgIpc) is 2.32. The van der Waals surface area contributed by atoms with Crippen molar-refractivity contribution in [3.63, 3.8) is 0 Å². The lowest BCUT2D eigenvalue weighted by Gasteiger charge is -2.04. The van der Waals surface area contributed by atoms with Gasteiger partial charge in [-0.15, -0.1) is 0 Å². The summed E-state index contributed by atoms with van der Waals surface area (Å²) in [6.07, 6.45) is 1.06. The van der Waals surface area contributed by atoms with Gasteiger partial charge in [0.05, 0.1) is 15.0 Å². The molecule has 0 aliphatic heterocycles. The highest BCUT2D eigenvalue weighted by molar-refractivity contribution is 6.42. The van der Waals surface area contributed by atoms with Gasteiger partial charge >= 0.3 is 5.69 Å². The Hall–Kier alpha value is -1.92. The van der Waals surface area contributed by atoms with Crippen LogP contribution >= 0.6 is 23.2 Å². The van der Waals surface area contributed by atoms with Crippen molar-refractivity contribution in [2.75, 3.05) is 5.73 Å². The first-order valence-corrected chi connectivity index (χ1v) is 5.47. The Balaban J connectivity index is 2.65. The van der Waals surface area contributed by atoms with E-state index in [2.05, 4.69) is 9.97 Å². The monoisotopic (exact) mass is 284 g/mol. The zero-order chi connectivity index (χ0) is 13.3. The second-order valence-electron chi connectivity index (χ2n) is 3.35. The highest BCUT2D eigenvalue weighted by atomic mass is 35.5. The van der Waals surface area contributed by atoms with Crippen molar-refractivity contribution >= 4 is 34.8 Å². The van der Waals surface area contributed by atoms with Crippen molar-refractivity contribution in [1.29, 1.82) is 0 Å². The fraction of sp³-hybridized carbons (Fsp3) is 0.